The smallest absolute Gasteiger partial charge is 0.154 e. The number of aromatic nitrogens is 1. The maximum Gasteiger partial charge on any atom is 0.154 e. The molecule has 0 saturated heterocycles. The van der Waals surface area contributed by atoms with Gasteiger partial charge >= 0.3 is 0 Å². The summed E-state index contributed by atoms with van der Waals surface area (Å²) in [5.41, 5.74) is 2.39. The molecule has 2 aromatic heterocycles. The summed E-state index contributed by atoms with van der Waals surface area (Å²) in [6.45, 7) is 2.17. The van der Waals surface area contributed by atoms with Crippen molar-refractivity contribution in [1.82, 2.24) is 4.98 Å². The monoisotopic (exact) mass is 331 g/mol. The minimum absolute atomic E-state index is 0.816. The Morgan fingerprint density at radius 2 is 1.67 bits per heavy atom. The highest BCUT2D eigenvalue weighted by Gasteiger charge is 2.08. The minimum atomic E-state index is 0.816. The van der Waals surface area contributed by atoms with Crippen molar-refractivity contribution in [2.75, 3.05) is 0 Å². The van der Waals surface area contributed by atoms with Crippen LogP contribution < -0.4 is 4.74 Å². The molecule has 2 aromatic carbocycles. The molecule has 0 aliphatic carbocycles. The van der Waals surface area contributed by atoms with Crippen molar-refractivity contribution in [3.8, 4) is 22.6 Å². The average molecular weight is 331 g/mol. The van der Waals surface area contributed by atoms with Crippen molar-refractivity contribution >= 4 is 21.4 Å². The third-order valence-corrected chi connectivity index (χ3v) is 5.21. The number of thiophene rings is 1. The predicted molar refractivity (Wildman–Crippen MR) is 101 cm³/mol. The highest BCUT2D eigenvalue weighted by molar-refractivity contribution is 7.19. The zero-order valence-electron chi connectivity index (χ0n) is 13.4. The van der Waals surface area contributed by atoms with E-state index in [-0.39, 0.29) is 0 Å². The third-order valence-electron chi connectivity index (χ3n) is 4.00. The van der Waals surface area contributed by atoms with Crippen molar-refractivity contribution in [3.63, 3.8) is 0 Å². The first-order valence-corrected chi connectivity index (χ1v) is 8.85. The molecule has 2 heterocycles. The van der Waals surface area contributed by atoms with Crippen LogP contribution >= 0.6 is 11.3 Å². The highest BCUT2D eigenvalue weighted by atomic mass is 32.1. The zero-order chi connectivity index (χ0) is 16.4. The number of hydrogen-bond donors (Lipinski definition) is 0. The van der Waals surface area contributed by atoms with Gasteiger partial charge in [0.2, 0.25) is 0 Å². The SMILES string of the molecule is CCc1cc2c(Oc3ccc(-c4ccccc4)cc3)cncc2s1. The van der Waals surface area contributed by atoms with Crippen LogP contribution in [-0.4, -0.2) is 4.98 Å². The number of hydrogen-bond acceptors (Lipinski definition) is 3. The average Bonchev–Trinajstić information content (AvgIpc) is 3.08. The molecule has 4 aromatic rings. The van der Waals surface area contributed by atoms with Crippen LogP contribution in [0.1, 0.15) is 11.8 Å². The first kappa shape index (κ1) is 14.9. The molecule has 0 fully saturated rings. The van der Waals surface area contributed by atoms with E-state index in [1.54, 1.807) is 17.5 Å². The number of nitrogens with zero attached hydrogens (tertiary/aromatic N) is 1. The summed E-state index contributed by atoms with van der Waals surface area (Å²) in [6.07, 6.45) is 4.73. The summed E-state index contributed by atoms with van der Waals surface area (Å²) < 4.78 is 7.26. The molecule has 2 nitrogen and oxygen atoms in total. The second kappa shape index (κ2) is 6.46. The van der Waals surface area contributed by atoms with Crippen molar-refractivity contribution in [3.05, 3.63) is 77.9 Å². The lowest BCUT2D eigenvalue weighted by Crippen LogP contribution is -1.86. The van der Waals surface area contributed by atoms with Gasteiger partial charge < -0.3 is 4.74 Å². The largest absolute Gasteiger partial charge is 0.455 e. The number of fused-ring (bicyclic) bond motifs is 1. The number of aryl methyl sites for hydroxylation is 1. The second-order valence-electron chi connectivity index (χ2n) is 5.61. The van der Waals surface area contributed by atoms with Crippen LogP contribution in [0.25, 0.3) is 21.2 Å². The quantitative estimate of drug-likeness (QED) is 0.436. The van der Waals surface area contributed by atoms with E-state index in [2.05, 4.69) is 42.2 Å². The van der Waals surface area contributed by atoms with Crippen LogP contribution in [0, 0.1) is 0 Å². The van der Waals surface area contributed by atoms with Crippen LogP contribution in [0.2, 0.25) is 0 Å². The van der Waals surface area contributed by atoms with Gasteiger partial charge in [-0.25, -0.2) is 0 Å². The second-order valence-corrected chi connectivity index (χ2v) is 6.78. The summed E-state index contributed by atoms with van der Waals surface area (Å²) in [6, 6.07) is 20.7. The highest BCUT2D eigenvalue weighted by Crippen LogP contribution is 2.35. The third kappa shape index (κ3) is 2.91. The Morgan fingerprint density at radius 1 is 0.917 bits per heavy atom. The van der Waals surface area contributed by atoms with E-state index in [0.29, 0.717) is 0 Å². The fourth-order valence-corrected chi connectivity index (χ4v) is 3.70. The van der Waals surface area contributed by atoms with Gasteiger partial charge in [0.15, 0.2) is 5.75 Å². The normalized spacial score (nSPS) is 10.9. The van der Waals surface area contributed by atoms with Gasteiger partial charge in [-0.15, -0.1) is 11.3 Å². The van der Waals surface area contributed by atoms with Crippen molar-refractivity contribution < 1.29 is 4.74 Å². The van der Waals surface area contributed by atoms with Crippen LogP contribution in [0.3, 0.4) is 0 Å². The van der Waals surface area contributed by atoms with Gasteiger partial charge in [0.1, 0.15) is 5.75 Å². The van der Waals surface area contributed by atoms with E-state index in [1.807, 2.05) is 36.5 Å². The standard InChI is InChI=1S/C21H17NOS/c1-2-18-12-19-20(13-22-14-21(19)24-18)23-17-10-8-16(9-11-17)15-6-4-3-5-7-15/h3-14H,2H2,1H3. The molecule has 3 heteroatoms. The van der Waals surface area contributed by atoms with Gasteiger partial charge in [0.25, 0.3) is 0 Å². The summed E-state index contributed by atoms with van der Waals surface area (Å²) >= 11 is 1.78. The van der Waals surface area contributed by atoms with Crippen LogP contribution in [-0.2, 0) is 6.42 Å². The first-order chi connectivity index (χ1) is 11.8. The molecule has 0 aliphatic heterocycles. The minimum Gasteiger partial charge on any atom is -0.455 e. The first-order valence-electron chi connectivity index (χ1n) is 8.03. The van der Waals surface area contributed by atoms with Crippen LogP contribution in [0.5, 0.6) is 11.5 Å². The topological polar surface area (TPSA) is 22.1 Å². The summed E-state index contributed by atoms with van der Waals surface area (Å²) in [4.78, 5) is 5.66. The molecule has 0 N–H and O–H groups in total. The molecule has 0 atom stereocenters. The lowest BCUT2D eigenvalue weighted by Gasteiger charge is -2.08. The summed E-state index contributed by atoms with van der Waals surface area (Å²) in [5, 5.41) is 1.14. The Hall–Kier alpha value is -2.65. The van der Waals surface area contributed by atoms with E-state index in [9.17, 15) is 0 Å². The van der Waals surface area contributed by atoms with Gasteiger partial charge in [-0.3, -0.25) is 4.98 Å². The maximum atomic E-state index is 6.08. The molecule has 4 rings (SSSR count). The molecule has 0 radical (unpaired) electrons. The van der Waals surface area contributed by atoms with Gasteiger partial charge in [0, 0.05) is 16.5 Å². The summed E-state index contributed by atoms with van der Waals surface area (Å²) in [7, 11) is 0. The molecular weight excluding hydrogens is 314 g/mol. The van der Waals surface area contributed by atoms with Crippen LogP contribution in [0.15, 0.2) is 73.1 Å². The fourth-order valence-electron chi connectivity index (χ4n) is 2.72. The van der Waals surface area contributed by atoms with E-state index >= 15 is 0 Å². The molecular formula is C21H17NOS. The van der Waals surface area contributed by atoms with E-state index in [0.717, 1.165) is 23.3 Å². The number of ether oxygens (including phenoxy) is 1. The molecule has 24 heavy (non-hydrogen) atoms. The van der Waals surface area contributed by atoms with Crippen molar-refractivity contribution in [2.24, 2.45) is 0 Å². The Morgan fingerprint density at radius 3 is 2.42 bits per heavy atom. The molecule has 0 saturated carbocycles. The molecule has 0 spiro atoms. The lowest BCUT2D eigenvalue weighted by atomic mass is 10.1. The predicted octanol–water partition coefficient (Wildman–Crippen LogP) is 6.32. The maximum absolute atomic E-state index is 6.08. The Labute approximate surface area is 145 Å². The Kier molecular flexibility index (Phi) is 4.01. The molecule has 118 valence electrons. The Balaban J connectivity index is 1.63. The Bertz CT molecular complexity index is 958. The molecule has 0 unspecified atom stereocenters. The van der Waals surface area contributed by atoms with Crippen molar-refractivity contribution in [1.29, 1.82) is 0 Å². The molecule has 0 aliphatic rings. The van der Waals surface area contributed by atoms with Crippen LogP contribution in [0.4, 0.5) is 0 Å². The van der Waals surface area contributed by atoms with Gasteiger partial charge in [-0.1, -0.05) is 49.4 Å². The van der Waals surface area contributed by atoms with Gasteiger partial charge in [-0.05, 0) is 35.7 Å². The van der Waals surface area contributed by atoms with E-state index < -0.39 is 0 Å². The van der Waals surface area contributed by atoms with Gasteiger partial charge in [0.05, 0.1) is 10.9 Å². The summed E-state index contributed by atoms with van der Waals surface area (Å²) in [5.74, 6) is 1.64. The number of rotatable bonds is 4. The number of benzene rings is 2. The zero-order valence-corrected chi connectivity index (χ0v) is 14.2. The fraction of sp³-hybridized carbons (Fsp3) is 0.0952. The molecule has 0 amide bonds. The number of pyridine rings is 1. The molecule has 0 bridgehead atoms. The van der Waals surface area contributed by atoms with E-state index in [4.69, 9.17) is 4.74 Å². The lowest BCUT2D eigenvalue weighted by molar-refractivity contribution is 0.486. The van der Waals surface area contributed by atoms with Crippen molar-refractivity contribution in [2.45, 2.75) is 13.3 Å². The van der Waals surface area contributed by atoms with E-state index in [1.165, 1.54) is 20.7 Å². The van der Waals surface area contributed by atoms with Gasteiger partial charge in [-0.2, -0.15) is 0 Å².